The lowest BCUT2D eigenvalue weighted by Gasteiger charge is -2.40. The first-order chi connectivity index (χ1) is 8.01. The Labute approximate surface area is 107 Å². The molecule has 3 nitrogen and oxygen atoms in total. The summed E-state index contributed by atoms with van der Waals surface area (Å²) in [5.41, 5.74) is 6.26. The van der Waals surface area contributed by atoms with Crippen LogP contribution in [0.2, 0.25) is 0 Å². The summed E-state index contributed by atoms with van der Waals surface area (Å²) >= 11 is 0. The average molecular weight is 241 g/mol. The van der Waals surface area contributed by atoms with Crippen molar-refractivity contribution in [2.45, 2.75) is 45.1 Å². The molecule has 102 valence electrons. The van der Waals surface area contributed by atoms with Crippen molar-refractivity contribution >= 4 is 0 Å². The maximum absolute atomic E-state index is 6.04. The average Bonchev–Trinajstić information content (AvgIpc) is 3.07. The Bertz CT molecular complexity index is 214. The minimum Gasteiger partial charge on any atom is -0.329 e. The predicted molar refractivity (Wildman–Crippen MR) is 75.2 cm³/mol. The van der Waals surface area contributed by atoms with E-state index in [-0.39, 0.29) is 5.54 Å². The van der Waals surface area contributed by atoms with Crippen LogP contribution >= 0.6 is 0 Å². The van der Waals surface area contributed by atoms with Gasteiger partial charge in [0.2, 0.25) is 0 Å². The highest BCUT2D eigenvalue weighted by molar-refractivity contribution is 4.92. The summed E-state index contributed by atoms with van der Waals surface area (Å²) < 4.78 is 0. The Morgan fingerprint density at radius 2 is 1.88 bits per heavy atom. The summed E-state index contributed by atoms with van der Waals surface area (Å²) in [5.74, 6) is 0.950. The highest BCUT2D eigenvalue weighted by atomic mass is 15.2. The quantitative estimate of drug-likeness (QED) is 0.668. The minimum absolute atomic E-state index is 0.224. The molecule has 17 heavy (non-hydrogen) atoms. The van der Waals surface area contributed by atoms with E-state index in [1.54, 1.807) is 0 Å². The van der Waals surface area contributed by atoms with Crippen molar-refractivity contribution in [1.82, 2.24) is 9.80 Å². The van der Waals surface area contributed by atoms with Gasteiger partial charge in [0.1, 0.15) is 0 Å². The Morgan fingerprint density at radius 1 is 1.24 bits per heavy atom. The Morgan fingerprint density at radius 3 is 2.29 bits per heavy atom. The van der Waals surface area contributed by atoms with Crippen molar-refractivity contribution in [2.24, 2.45) is 11.7 Å². The van der Waals surface area contributed by atoms with Gasteiger partial charge in [-0.25, -0.2) is 0 Å². The molecule has 0 saturated heterocycles. The predicted octanol–water partition coefficient (Wildman–Crippen LogP) is 1.78. The lowest BCUT2D eigenvalue weighted by atomic mass is 9.92. The van der Waals surface area contributed by atoms with Crippen LogP contribution in [0.15, 0.2) is 0 Å². The largest absolute Gasteiger partial charge is 0.329 e. The molecule has 1 saturated carbocycles. The number of nitrogens with two attached hydrogens (primary N) is 1. The second-order valence-corrected chi connectivity index (χ2v) is 6.09. The van der Waals surface area contributed by atoms with Crippen molar-refractivity contribution < 1.29 is 0 Å². The molecule has 0 bridgehead atoms. The summed E-state index contributed by atoms with van der Waals surface area (Å²) in [6.07, 6.45) is 5.37. The maximum atomic E-state index is 6.04. The van der Waals surface area contributed by atoms with Crippen molar-refractivity contribution in [3.8, 4) is 0 Å². The second kappa shape index (κ2) is 6.72. The fourth-order valence-corrected chi connectivity index (χ4v) is 2.67. The number of hydrogen-bond acceptors (Lipinski definition) is 3. The SMILES string of the molecule is CCN(CCCN(C)C)C(C)(CN)CC1CC1. The summed E-state index contributed by atoms with van der Waals surface area (Å²) in [4.78, 5) is 4.85. The van der Waals surface area contributed by atoms with Crippen molar-refractivity contribution in [1.29, 1.82) is 0 Å². The third kappa shape index (κ3) is 4.94. The minimum atomic E-state index is 0.224. The van der Waals surface area contributed by atoms with E-state index in [2.05, 4.69) is 37.7 Å². The highest BCUT2D eigenvalue weighted by Crippen LogP contribution is 2.38. The fourth-order valence-electron chi connectivity index (χ4n) is 2.67. The zero-order chi connectivity index (χ0) is 12.9. The van der Waals surface area contributed by atoms with Gasteiger partial charge in [-0.3, -0.25) is 4.90 Å². The number of nitrogens with zero attached hydrogens (tertiary/aromatic N) is 2. The molecule has 0 aliphatic heterocycles. The van der Waals surface area contributed by atoms with Gasteiger partial charge in [-0.05, 0) is 59.4 Å². The van der Waals surface area contributed by atoms with Gasteiger partial charge < -0.3 is 10.6 Å². The molecule has 1 fully saturated rings. The number of rotatable bonds is 9. The maximum Gasteiger partial charge on any atom is 0.0306 e. The van der Waals surface area contributed by atoms with E-state index in [4.69, 9.17) is 5.73 Å². The summed E-state index contributed by atoms with van der Waals surface area (Å²) in [6.45, 7) is 8.86. The van der Waals surface area contributed by atoms with Gasteiger partial charge in [0.05, 0.1) is 0 Å². The first-order valence-corrected chi connectivity index (χ1v) is 7.11. The monoisotopic (exact) mass is 241 g/mol. The first-order valence-electron chi connectivity index (χ1n) is 7.11. The van der Waals surface area contributed by atoms with Crippen LogP contribution in [-0.2, 0) is 0 Å². The smallest absolute Gasteiger partial charge is 0.0306 e. The third-order valence-corrected chi connectivity index (χ3v) is 4.04. The molecular formula is C14H31N3. The molecule has 0 amide bonds. The van der Waals surface area contributed by atoms with E-state index in [1.165, 1.54) is 38.8 Å². The molecule has 0 aromatic carbocycles. The van der Waals surface area contributed by atoms with Crippen LogP contribution in [0.1, 0.15) is 39.5 Å². The van der Waals surface area contributed by atoms with Crippen LogP contribution in [0.5, 0.6) is 0 Å². The Balaban J connectivity index is 2.43. The fraction of sp³-hybridized carbons (Fsp3) is 1.00. The molecule has 0 aromatic heterocycles. The van der Waals surface area contributed by atoms with Gasteiger partial charge >= 0.3 is 0 Å². The second-order valence-electron chi connectivity index (χ2n) is 6.09. The molecular weight excluding hydrogens is 210 g/mol. The highest BCUT2D eigenvalue weighted by Gasteiger charge is 2.35. The Kier molecular flexibility index (Phi) is 5.90. The van der Waals surface area contributed by atoms with Gasteiger partial charge in [0.15, 0.2) is 0 Å². The number of hydrogen-bond donors (Lipinski definition) is 1. The van der Waals surface area contributed by atoms with Gasteiger partial charge in [-0.15, -0.1) is 0 Å². The molecule has 1 rings (SSSR count). The molecule has 1 aliphatic rings. The van der Waals surface area contributed by atoms with Crippen LogP contribution < -0.4 is 5.73 Å². The van der Waals surface area contributed by atoms with E-state index in [9.17, 15) is 0 Å². The van der Waals surface area contributed by atoms with Crippen molar-refractivity contribution in [3.05, 3.63) is 0 Å². The molecule has 0 spiro atoms. The van der Waals surface area contributed by atoms with Crippen LogP contribution in [0.3, 0.4) is 0 Å². The van der Waals surface area contributed by atoms with Gasteiger partial charge in [-0.2, -0.15) is 0 Å². The lowest BCUT2D eigenvalue weighted by molar-refractivity contribution is 0.0976. The topological polar surface area (TPSA) is 32.5 Å². The normalized spacial score (nSPS) is 19.9. The van der Waals surface area contributed by atoms with Crippen LogP contribution in [0.4, 0.5) is 0 Å². The standard InChI is InChI=1S/C14H31N3/c1-5-17(10-6-9-16(3)4)14(2,12-15)11-13-7-8-13/h13H,5-12,15H2,1-4H3. The van der Waals surface area contributed by atoms with E-state index in [1.807, 2.05) is 0 Å². The van der Waals surface area contributed by atoms with Gasteiger partial charge in [0, 0.05) is 12.1 Å². The van der Waals surface area contributed by atoms with E-state index in [0.29, 0.717) is 0 Å². The number of likely N-dealkylation sites (N-methyl/N-ethyl adjacent to an activating group) is 1. The summed E-state index contributed by atoms with van der Waals surface area (Å²) in [5, 5.41) is 0. The van der Waals surface area contributed by atoms with E-state index in [0.717, 1.165) is 19.0 Å². The molecule has 2 N–H and O–H groups in total. The molecule has 1 atom stereocenters. The van der Waals surface area contributed by atoms with Crippen molar-refractivity contribution in [2.75, 3.05) is 40.3 Å². The molecule has 0 aromatic rings. The van der Waals surface area contributed by atoms with Gasteiger partial charge in [-0.1, -0.05) is 19.8 Å². The Hall–Kier alpha value is -0.120. The summed E-state index contributed by atoms with van der Waals surface area (Å²) in [6, 6.07) is 0. The molecule has 1 unspecified atom stereocenters. The van der Waals surface area contributed by atoms with E-state index < -0.39 is 0 Å². The van der Waals surface area contributed by atoms with E-state index >= 15 is 0 Å². The first kappa shape index (κ1) is 14.9. The van der Waals surface area contributed by atoms with Crippen LogP contribution in [0, 0.1) is 5.92 Å². The molecule has 3 heteroatoms. The molecule has 1 aliphatic carbocycles. The van der Waals surface area contributed by atoms with Crippen LogP contribution in [-0.4, -0.2) is 55.6 Å². The zero-order valence-corrected chi connectivity index (χ0v) is 12.2. The van der Waals surface area contributed by atoms with Gasteiger partial charge in [0.25, 0.3) is 0 Å². The summed E-state index contributed by atoms with van der Waals surface area (Å²) in [7, 11) is 4.28. The zero-order valence-electron chi connectivity index (χ0n) is 12.2. The van der Waals surface area contributed by atoms with Crippen LogP contribution in [0.25, 0.3) is 0 Å². The lowest BCUT2D eigenvalue weighted by Crippen LogP contribution is -2.52. The third-order valence-electron chi connectivity index (χ3n) is 4.04. The molecule has 0 radical (unpaired) electrons. The molecule has 0 heterocycles. The van der Waals surface area contributed by atoms with Crippen molar-refractivity contribution in [3.63, 3.8) is 0 Å².